The summed E-state index contributed by atoms with van der Waals surface area (Å²) < 4.78 is 10.7. The van der Waals surface area contributed by atoms with Crippen molar-refractivity contribution < 1.29 is 29.0 Å². The zero-order chi connectivity index (χ0) is 23.4. The van der Waals surface area contributed by atoms with Crippen molar-refractivity contribution in [3.8, 4) is 11.1 Å². The molecule has 0 aromatic heterocycles. The normalized spacial score (nSPS) is 16.6. The van der Waals surface area contributed by atoms with Crippen molar-refractivity contribution in [2.45, 2.75) is 31.3 Å². The summed E-state index contributed by atoms with van der Waals surface area (Å²) >= 11 is 0. The van der Waals surface area contributed by atoms with Crippen molar-refractivity contribution in [2.24, 2.45) is 5.41 Å². The molecule has 1 fully saturated rings. The van der Waals surface area contributed by atoms with Crippen LogP contribution in [0.1, 0.15) is 36.3 Å². The number of carbonyl (C=O) groups excluding carboxylic acids is 2. The second kappa shape index (κ2) is 9.62. The fourth-order valence-electron chi connectivity index (χ4n) is 4.55. The fourth-order valence-corrected chi connectivity index (χ4v) is 4.55. The Morgan fingerprint density at radius 3 is 2.15 bits per heavy atom. The summed E-state index contributed by atoms with van der Waals surface area (Å²) in [4.78, 5) is 36.2. The molecule has 0 spiro atoms. The molecule has 1 saturated carbocycles. The summed E-state index contributed by atoms with van der Waals surface area (Å²) in [5, 5.41) is 14.6. The van der Waals surface area contributed by atoms with E-state index in [0.29, 0.717) is 12.8 Å². The van der Waals surface area contributed by atoms with Crippen LogP contribution in [0.5, 0.6) is 0 Å². The first-order valence-corrected chi connectivity index (χ1v) is 11.1. The summed E-state index contributed by atoms with van der Waals surface area (Å²) in [5.41, 5.74) is 3.62. The van der Waals surface area contributed by atoms with Crippen LogP contribution in [-0.4, -0.2) is 56.0 Å². The number of hydrogen-bond donors (Lipinski definition) is 3. The van der Waals surface area contributed by atoms with Crippen LogP contribution >= 0.6 is 0 Å². The molecule has 2 amide bonds. The maximum atomic E-state index is 12.4. The van der Waals surface area contributed by atoms with Crippen LogP contribution in [0, 0.1) is 5.41 Å². The number of fused-ring (bicyclic) bond motifs is 3. The standard InChI is InChI=1S/C25H28N2O6/c1-32-21(22(28)27-15-25(23(29)30)11-6-12-25)13-26-24(31)33-14-20-18-9-4-2-7-16(18)17-8-3-5-10-19(17)20/h2-5,7-10,20-21H,6,11-15H2,1H3,(H,26,31)(H,27,28)(H,29,30). The van der Waals surface area contributed by atoms with E-state index in [2.05, 4.69) is 22.8 Å². The lowest BCUT2D eigenvalue weighted by Gasteiger charge is -2.37. The third-order valence-corrected chi connectivity index (χ3v) is 6.72. The highest BCUT2D eigenvalue weighted by molar-refractivity contribution is 5.83. The number of carboxylic acid groups (broad SMARTS) is 1. The highest BCUT2D eigenvalue weighted by atomic mass is 16.5. The number of nitrogens with one attached hydrogen (secondary N) is 2. The number of aliphatic carboxylic acids is 1. The van der Waals surface area contributed by atoms with Crippen molar-refractivity contribution in [1.29, 1.82) is 0 Å². The quantitative estimate of drug-likeness (QED) is 0.539. The molecule has 4 rings (SSSR count). The van der Waals surface area contributed by atoms with Crippen LogP contribution < -0.4 is 10.6 Å². The summed E-state index contributed by atoms with van der Waals surface area (Å²) in [6, 6.07) is 16.1. The molecule has 0 heterocycles. The molecule has 0 saturated heterocycles. The van der Waals surface area contributed by atoms with Crippen molar-refractivity contribution in [3.05, 3.63) is 59.7 Å². The summed E-state index contributed by atoms with van der Waals surface area (Å²) in [6.07, 6.45) is 0.319. The molecule has 2 aromatic rings. The Morgan fingerprint density at radius 2 is 1.64 bits per heavy atom. The third-order valence-electron chi connectivity index (χ3n) is 6.72. The van der Waals surface area contributed by atoms with Gasteiger partial charge in [0.1, 0.15) is 6.61 Å². The Bertz CT molecular complexity index is 1000. The third kappa shape index (κ3) is 4.57. The fraction of sp³-hybridized carbons (Fsp3) is 0.400. The Morgan fingerprint density at radius 1 is 1.03 bits per heavy atom. The van der Waals surface area contributed by atoms with Gasteiger partial charge in [0.15, 0.2) is 6.10 Å². The molecule has 8 heteroatoms. The monoisotopic (exact) mass is 452 g/mol. The van der Waals surface area contributed by atoms with Gasteiger partial charge in [0, 0.05) is 19.6 Å². The Balaban J connectivity index is 1.28. The average molecular weight is 453 g/mol. The lowest BCUT2D eigenvalue weighted by atomic mass is 9.69. The van der Waals surface area contributed by atoms with Crippen molar-refractivity contribution in [1.82, 2.24) is 10.6 Å². The molecule has 1 atom stereocenters. The van der Waals surface area contributed by atoms with E-state index in [1.165, 1.54) is 7.11 Å². The maximum Gasteiger partial charge on any atom is 0.407 e. The molecule has 2 aromatic carbocycles. The van der Waals surface area contributed by atoms with Crippen LogP contribution in [-0.2, 0) is 19.1 Å². The largest absolute Gasteiger partial charge is 0.481 e. The van der Waals surface area contributed by atoms with Gasteiger partial charge in [-0.1, -0.05) is 55.0 Å². The molecule has 33 heavy (non-hydrogen) atoms. The van der Waals surface area contributed by atoms with Gasteiger partial charge in [0.05, 0.1) is 12.0 Å². The Hall–Kier alpha value is -3.39. The van der Waals surface area contributed by atoms with E-state index < -0.39 is 29.5 Å². The van der Waals surface area contributed by atoms with E-state index in [1.54, 1.807) is 0 Å². The number of alkyl carbamates (subject to hydrolysis) is 1. The average Bonchev–Trinajstić information content (AvgIpc) is 3.11. The second-order valence-corrected chi connectivity index (χ2v) is 8.59. The minimum atomic E-state index is -0.948. The van der Waals surface area contributed by atoms with Crippen LogP contribution in [0.2, 0.25) is 0 Å². The van der Waals surface area contributed by atoms with Gasteiger partial charge < -0.3 is 25.2 Å². The van der Waals surface area contributed by atoms with Gasteiger partial charge in [0.25, 0.3) is 5.91 Å². The lowest BCUT2D eigenvalue weighted by molar-refractivity contribution is -0.154. The first kappa shape index (κ1) is 22.8. The molecule has 0 radical (unpaired) electrons. The molecule has 3 N–H and O–H groups in total. The van der Waals surface area contributed by atoms with E-state index in [1.807, 2.05) is 36.4 Å². The van der Waals surface area contributed by atoms with Crippen LogP contribution in [0.4, 0.5) is 4.79 Å². The van der Waals surface area contributed by atoms with Crippen molar-refractivity contribution in [2.75, 3.05) is 26.8 Å². The molecular formula is C25H28N2O6. The SMILES string of the molecule is COC(CNC(=O)OCC1c2ccccc2-c2ccccc21)C(=O)NCC1(C(=O)O)CCC1. The highest BCUT2D eigenvalue weighted by Crippen LogP contribution is 2.44. The van der Waals surface area contributed by atoms with Crippen LogP contribution in [0.15, 0.2) is 48.5 Å². The van der Waals surface area contributed by atoms with E-state index in [4.69, 9.17) is 9.47 Å². The van der Waals surface area contributed by atoms with Gasteiger partial charge in [-0.05, 0) is 35.1 Å². The number of methoxy groups -OCH3 is 1. The maximum absolute atomic E-state index is 12.4. The number of ether oxygens (including phenoxy) is 2. The van der Waals surface area contributed by atoms with Gasteiger partial charge in [-0.25, -0.2) is 4.79 Å². The second-order valence-electron chi connectivity index (χ2n) is 8.59. The van der Waals surface area contributed by atoms with E-state index in [0.717, 1.165) is 28.7 Å². The predicted octanol–water partition coefficient (Wildman–Crippen LogP) is 2.91. The van der Waals surface area contributed by atoms with Gasteiger partial charge in [0.2, 0.25) is 0 Å². The molecule has 2 aliphatic carbocycles. The van der Waals surface area contributed by atoms with Gasteiger partial charge in [-0.3, -0.25) is 9.59 Å². The zero-order valence-electron chi connectivity index (χ0n) is 18.5. The summed E-state index contributed by atoms with van der Waals surface area (Å²) in [7, 11) is 1.36. The summed E-state index contributed by atoms with van der Waals surface area (Å²) in [5.74, 6) is -1.43. The van der Waals surface area contributed by atoms with Gasteiger partial charge >= 0.3 is 12.1 Å². The summed E-state index contributed by atoms with van der Waals surface area (Å²) in [6.45, 7) is 0.135. The van der Waals surface area contributed by atoms with E-state index in [9.17, 15) is 19.5 Å². The molecule has 0 aliphatic heterocycles. The molecule has 2 aliphatic rings. The minimum Gasteiger partial charge on any atom is -0.481 e. The number of rotatable bonds is 9. The number of amides is 2. The van der Waals surface area contributed by atoms with Crippen molar-refractivity contribution >= 4 is 18.0 Å². The molecule has 1 unspecified atom stereocenters. The smallest absolute Gasteiger partial charge is 0.407 e. The van der Waals surface area contributed by atoms with Crippen LogP contribution in [0.3, 0.4) is 0 Å². The van der Waals surface area contributed by atoms with Crippen LogP contribution in [0.25, 0.3) is 11.1 Å². The molecule has 8 nitrogen and oxygen atoms in total. The number of benzene rings is 2. The predicted molar refractivity (Wildman–Crippen MR) is 121 cm³/mol. The van der Waals surface area contributed by atoms with E-state index in [-0.39, 0.29) is 25.6 Å². The zero-order valence-corrected chi connectivity index (χ0v) is 18.5. The number of carbonyl (C=O) groups is 3. The lowest BCUT2D eigenvalue weighted by Crippen LogP contribution is -2.51. The number of carboxylic acids is 1. The Kier molecular flexibility index (Phi) is 6.65. The van der Waals surface area contributed by atoms with Crippen molar-refractivity contribution in [3.63, 3.8) is 0 Å². The van der Waals surface area contributed by atoms with E-state index >= 15 is 0 Å². The van der Waals surface area contributed by atoms with Gasteiger partial charge in [-0.15, -0.1) is 0 Å². The van der Waals surface area contributed by atoms with Gasteiger partial charge in [-0.2, -0.15) is 0 Å². The first-order valence-electron chi connectivity index (χ1n) is 11.1. The highest BCUT2D eigenvalue weighted by Gasteiger charge is 2.44. The Labute approximate surface area is 192 Å². The minimum absolute atomic E-state index is 0.0476. The molecular weight excluding hydrogens is 424 g/mol. The molecule has 0 bridgehead atoms. The molecule has 174 valence electrons. The first-order chi connectivity index (χ1) is 15.9. The number of hydrogen-bond acceptors (Lipinski definition) is 5. The topological polar surface area (TPSA) is 114 Å².